The van der Waals surface area contributed by atoms with Gasteiger partial charge in [0.2, 0.25) is 5.91 Å². The van der Waals surface area contributed by atoms with Gasteiger partial charge in [-0.15, -0.1) is 36.2 Å². The van der Waals surface area contributed by atoms with Crippen LogP contribution in [-0.2, 0) is 16.8 Å². The van der Waals surface area contributed by atoms with Crippen LogP contribution < -0.4 is 11.1 Å². The number of aromatic nitrogens is 1. The molecule has 0 fully saturated rings. The first-order valence-corrected chi connectivity index (χ1v) is 9.25. The molecule has 0 aliphatic heterocycles. The summed E-state index contributed by atoms with van der Waals surface area (Å²) in [6, 6.07) is 7.49. The Labute approximate surface area is 173 Å². The van der Waals surface area contributed by atoms with Gasteiger partial charge >= 0.3 is 0 Å². The third-order valence-corrected chi connectivity index (χ3v) is 5.37. The molecule has 1 aromatic carbocycles. The van der Waals surface area contributed by atoms with Crippen molar-refractivity contribution in [2.75, 3.05) is 6.54 Å². The number of amides is 1. The maximum Gasteiger partial charge on any atom is 0.244 e. The standard InChI is InChI=1S/C17H22BrN3OS.2ClH/c1-11(2)15-21-14(10-23-15)8-9-20-16(22)17(3,19)12-4-6-13(18)7-5-12;;/h4-7,10-11H,8-9,19H2,1-3H3,(H,20,22);2*1H. The summed E-state index contributed by atoms with van der Waals surface area (Å²) in [5, 5.41) is 6.09. The van der Waals surface area contributed by atoms with E-state index in [4.69, 9.17) is 5.73 Å². The van der Waals surface area contributed by atoms with Gasteiger partial charge in [-0.3, -0.25) is 4.79 Å². The molecule has 25 heavy (non-hydrogen) atoms. The molecule has 8 heteroatoms. The summed E-state index contributed by atoms with van der Waals surface area (Å²) in [5.74, 6) is 0.257. The number of rotatable bonds is 6. The first-order chi connectivity index (χ1) is 10.8. The normalized spacial score (nSPS) is 12.7. The lowest BCUT2D eigenvalue weighted by Gasteiger charge is -2.24. The molecule has 0 radical (unpaired) electrons. The van der Waals surface area contributed by atoms with E-state index in [-0.39, 0.29) is 30.7 Å². The van der Waals surface area contributed by atoms with Gasteiger partial charge in [-0.25, -0.2) is 4.98 Å². The van der Waals surface area contributed by atoms with Gasteiger partial charge in [0.15, 0.2) is 0 Å². The second kappa shape index (κ2) is 10.5. The third kappa shape index (κ3) is 6.53. The SMILES string of the molecule is CC(C)c1nc(CCNC(=O)C(C)(N)c2ccc(Br)cc2)cs1.Cl.Cl. The molecule has 0 saturated carbocycles. The van der Waals surface area contributed by atoms with Gasteiger partial charge < -0.3 is 11.1 Å². The molecule has 0 saturated heterocycles. The molecule has 1 atom stereocenters. The summed E-state index contributed by atoms with van der Waals surface area (Å²) < 4.78 is 0.960. The van der Waals surface area contributed by atoms with Gasteiger partial charge in [-0.05, 0) is 24.6 Å². The Morgan fingerprint density at radius 3 is 2.44 bits per heavy atom. The summed E-state index contributed by atoms with van der Waals surface area (Å²) in [4.78, 5) is 17.0. The van der Waals surface area contributed by atoms with Crippen molar-refractivity contribution < 1.29 is 4.79 Å². The van der Waals surface area contributed by atoms with Gasteiger partial charge in [0, 0.05) is 28.7 Å². The Kier molecular flexibility index (Phi) is 10.2. The fraction of sp³-hybridized carbons (Fsp3) is 0.412. The van der Waals surface area contributed by atoms with Crippen molar-refractivity contribution >= 4 is 58.0 Å². The van der Waals surface area contributed by atoms with Crippen molar-refractivity contribution in [1.82, 2.24) is 10.3 Å². The molecule has 0 bridgehead atoms. The highest BCUT2D eigenvalue weighted by Crippen LogP contribution is 2.21. The van der Waals surface area contributed by atoms with Crippen LogP contribution >= 0.6 is 52.1 Å². The zero-order valence-electron chi connectivity index (χ0n) is 14.4. The summed E-state index contributed by atoms with van der Waals surface area (Å²) >= 11 is 5.05. The van der Waals surface area contributed by atoms with Crippen LogP contribution in [0.1, 0.15) is 43.0 Å². The Morgan fingerprint density at radius 2 is 1.92 bits per heavy atom. The average Bonchev–Trinajstić information content (AvgIpc) is 2.96. The molecule has 140 valence electrons. The summed E-state index contributed by atoms with van der Waals surface area (Å²) in [6.45, 7) is 6.51. The third-order valence-electron chi connectivity index (χ3n) is 3.65. The largest absolute Gasteiger partial charge is 0.354 e. The van der Waals surface area contributed by atoms with Crippen LogP contribution in [0.5, 0.6) is 0 Å². The van der Waals surface area contributed by atoms with Crippen molar-refractivity contribution in [3.63, 3.8) is 0 Å². The summed E-state index contributed by atoms with van der Waals surface area (Å²) in [5.41, 5.74) is 6.97. The van der Waals surface area contributed by atoms with Crippen LogP contribution in [-0.4, -0.2) is 17.4 Å². The minimum atomic E-state index is -1.05. The summed E-state index contributed by atoms with van der Waals surface area (Å²) in [7, 11) is 0. The number of hydrogen-bond donors (Lipinski definition) is 2. The molecule has 2 aromatic rings. The quantitative estimate of drug-likeness (QED) is 0.659. The lowest BCUT2D eigenvalue weighted by Crippen LogP contribution is -2.49. The van der Waals surface area contributed by atoms with E-state index < -0.39 is 5.54 Å². The fourth-order valence-corrected chi connectivity index (χ4v) is 3.25. The minimum absolute atomic E-state index is 0. The first-order valence-electron chi connectivity index (χ1n) is 7.58. The fourth-order valence-electron chi connectivity index (χ4n) is 2.12. The lowest BCUT2D eigenvalue weighted by molar-refractivity contribution is -0.126. The van der Waals surface area contributed by atoms with E-state index in [1.807, 2.05) is 24.3 Å². The van der Waals surface area contributed by atoms with E-state index in [0.717, 1.165) is 20.7 Å². The maximum absolute atomic E-state index is 12.4. The average molecular weight is 469 g/mol. The van der Waals surface area contributed by atoms with Crippen molar-refractivity contribution in [3.8, 4) is 0 Å². The predicted molar refractivity (Wildman–Crippen MR) is 113 cm³/mol. The van der Waals surface area contributed by atoms with Crippen LogP contribution in [0.4, 0.5) is 0 Å². The summed E-state index contributed by atoms with van der Waals surface area (Å²) in [6.07, 6.45) is 0.714. The molecule has 0 aliphatic carbocycles. The molecule has 3 N–H and O–H groups in total. The molecule has 0 aliphatic rings. The van der Waals surface area contributed by atoms with Gasteiger partial charge in [0.25, 0.3) is 0 Å². The van der Waals surface area contributed by atoms with Gasteiger partial charge in [0.1, 0.15) is 5.54 Å². The van der Waals surface area contributed by atoms with Crippen LogP contribution in [0.25, 0.3) is 0 Å². The number of halogens is 3. The number of thiazole rings is 1. The molecule has 1 aromatic heterocycles. The second-order valence-electron chi connectivity index (χ2n) is 6.05. The highest BCUT2D eigenvalue weighted by molar-refractivity contribution is 9.10. The van der Waals surface area contributed by atoms with Gasteiger partial charge in [-0.1, -0.05) is 41.9 Å². The van der Waals surface area contributed by atoms with E-state index in [0.29, 0.717) is 18.9 Å². The maximum atomic E-state index is 12.4. The highest BCUT2D eigenvalue weighted by Gasteiger charge is 2.30. The smallest absolute Gasteiger partial charge is 0.244 e. The van der Waals surface area contributed by atoms with Crippen LogP contribution in [0, 0.1) is 0 Å². The number of carbonyl (C=O) groups excluding carboxylic acids is 1. The van der Waals surface area contributed by atoms with Gasteiger partial charge in [0.05, 0.1) is 10.7 Å². The van der Waals surface area contributed by atoms with E-state index >= 15 is 0 Å². The Hall–Kier alpha value is -0.660. The second-order valence-corrected chi connectivity index (χ2v) is 7.85. The molecule has 1 heterocycles. The van der Waals surface area contributed by atoms with Crippen LogP contribution in [0.15, 0.2) is 34.1 Å². The van der Waals surface area contributed by atoms with E-state index in [2.05, 4.69) is 45.5 Å². The van der Waals surface area contributed by atoms with E-state index in [1.54, 1.807) is 18.3 Å². The monoisotopic (exact) mass is 467 g/mol. The molecular formula is C17H24BrCl2N3OS. The number of carbonyl (C=O) groups is 1. The molecular weight excluding hydrogens is 445 g/mol. The zero-order valence-corrected chi connectivity index (χ0v) is 18.4. The minimum Gasteiger partial charge on any atom is -0.354 e. The topological polar surface area (TPSA) is 68.0 Å². The van der Waals surface area contributed by atoms with Crippen molar-refractivity contribution in [2.45, 2.75) is 38.6 Å². The van der Waals surface area contributed by atoms with Crippen LogP contribution in [0.3, 0.4) is 0 Å². The van der Waals surface area contributed by atoms with Gasteiger partial charge in [-0.2, -0.15) is 0 Å². The molecule has 2 rings (SSSR count). The molecule has 1 amide bonds. The lowest BCUT2D eigenvalue weighted by atomic mass is 9.92. The van der Waals surface area contributed by atoms with E-state index in [1.165, 1.54) is 0 Å². The number of nitrogens with zero attached hydrogens (tertiary/aromatic N) is 1. The number of hydrogen-bond acceptors (Lipinski definition) is 4. The van der Waals surface area contributed by atoms with Crippen LogP contribution in [0.2, 0.25) is 0 Å². The van der Waals surface area contributed by atoms with E-state index in [9.17, 15) is 4.79 Å². The molecule has 4 nitrogen and oxygen atoms in total. The number of nitrogens with two attached hydrogens (primary N) is 1. The van der Waals surface area contributed by atoms with Crippen molar-refractivity contribution in [3.05, 3.63) is 50.4 Å². The molecule has 1 unspecified atom stereocenters. The number of nitrogens with one attached hydrogen (secondary N) is 1. The number of benzene rings is 1. The Morgan fingerprint density at radius 1 is 1.32 bits per heavy atom. The highest BCUT2D eigenvalue weighted by atomic mass is 79.9. The Bertz CT molecular complexity index is 675. The van der Waals surface area contributed by atoms with Crippen molar-refractivity contribution in [2.24, 2.45) is 5.73 Å². The molecule has 0 spiro atoms. The Balaban J connectivity index is 0.00000288. The predicted octanol–water partition coefficient (Wildman–Crippen LogP) is 4.41. The van der Waals surface area contributed by atoms with Crippen molar-refractivity contribution in [1.29, 1.82) is 0 Å². The first kappa shape index (κ1) is 24.3. The zero-order chi connectivity index (χ0) is 17.0.